The van der Waals surface area contributed by atoms with Gasteiger partial charge in [0.05, 0.1) is 0 Å². The molecule has 1 saturated carbocycles. The highest BCUT2D eigenvalue weighted by molar-refractivity contribution is 5.93. The molecule has 0 saturated heterocycles. The van der Waals surface area contributed by atoms with E-state index in [9.17, 15) is 4.79 Å². The molecule has 66 valence electrons. The molecular weight excluding hydrogens is 154 g/mol. The van der Waals surface area contributed by atoms with Crippen LogP contribution in [0.25, 0.3) is 0 Å². The number of primary amides is 1. The van der Waals surface area contributed by atoms with Crippen LogP contribution in [0.15, 0.2) is 16.6 Å². The van der Waals surface area contributed by atoms with E-state index in [2.05, 4.69) is 4.99 Å². The molecule has 0 aromatic rings. The molecule has 0 aliphatic heterocycles. The summed E-state index contributed by atoms with van der Waals surface area (Å²) in [7, 11) is 0. The van der Waals surface area contributed by atoms with Crippen LogP contribution >= 0.6 is 0 Å². The monoisotopic (exact) mass is 167 g/mol. The van der Waals surface area contributed by atoms with Gasteiger partial charge < -0.3 is 11.5 Å². The summed E-state index contributed by atoms with van der Waals surface area (Å²) in [6, 6.07) is 0. The van der Waals surface area contributed by atoms with Crippen LogP contribution in [0.3, 0.4) is 0 Å². The van der Waals surface area contributed by atoms with Crippen molar-refractivity contribution in [1.82, 2.24) is 0 Å². The van der Waals surface area contributed by atoms with E-state index in [0.717, 1.165) is 12.8 Å². The second-order valence-corrected chi connectivity index (χ2v) is 2.86. The van der Waals surface area contributed by atoms with Crippen LogP contribution in [-0.4, -0.2) is 18.3 Å². The topological polar surface area (TPSA) is 81.5 Å². The lowest BCUT2D eigenvalue weighted by atomic mass is 9.92. The molecule has 1 amide bonds. The summed E-state index contributed by atoms with van der Waals surface area (Å²) in [5.41, 5.74) is 11.7. The Morgan fingerprint density at radius 3 is 2.58 bits per heavy atom. The molecule has 0 spiro atoms. The number of nitrogens with two attached hydrogens (primary N) is 2. The molecular formula is C8H13N3O. The SMILES string of the molecule is NC(=O)CN=C(N)C=C1CCC1. The van der Waals surface area contributed by atoms with Crippen LogP contribution in [0.2, 0.25) is 0 Å². The number of rotatable bonds is 3. The van der Waals surface area contributed by atoms with E-state index >= 15 is 0 Å². The third-order valence-electron chi connectivity index (χ3n) is 1.77. The maximum Gasteiger partial charge on any atom is 0.239 e. The zero-order chi connectivity index (χ0) is 8.97. The summed E-state index contributed by atoms with van der Waals surface area (Å²) in [4.78, 5) is 14.1. The van der Waals surface area contributed by atoms with Crippen molar-refractivity contribution in [3.8, 4) is 0 Å². The number of amidine groups is 1. The zero-order valence-electron chi connectivity index (χ0n) is 6.92. The van der Waals surface area contributed by atoms with Crippen LogP contribution in [0.1, 0.15) is 19.3 Å². The minimum Gasteiger partial charge on any atom is -0.384 e. The fourth-order valence-electron chi connectivity index (χ4n) is 0.949. The molecule has 4 nitrogen and oxygen atoms in total. The smallest absolute Gasteiger partial charge is 0.239 e. The lowest BCUT2D eigenvalue weighted by Crippen LogP contribution is -2.18. The van der Waals surface area contributed by atoms with Gasteiger partial charge in [-0.25, -0.2) is 0 Å². The minimum absolute atomic E-state index is 0.0182. The van der Waals surface area contributed by atoms with Crippen LogP contribution in [0.5, 0.6) is 0 Å². The minimum atomic E-state index is -0.454. The van der Waals surface area contributed by atoms with Gasteiger partial charge in [-0.15, -0.1) is 0 Å². The highest BCUT2D eigenvalue weighted by atomic mass is 16.1. The fourth-order valence-corrected chi connectivity index (χ4v) is 0.949. The molecule has 12 heavy (non-hydrogen) atoms. The van der Waals surface area contributed by atoms with Crippen molar-refractivity contribution in [3.63, 3.8) is 0 Å². The van der Waals surface area contributed by atoms with Crippen molar-refractivity contribution >= 4 is 11.7 Å². The summed E-state index contributed by atoms with van der Waals surface area (Å²) in [5.74, 6) is -0.0477. The lowest BCUT2D eigenvalue weighted by Gasteiger charge is -2.15. The summed E-state index contributed by atoms with van der Waals surface area (Å²) >= 11 is 0. The van der Waals surface area contributed by atoms with E-state index in [1.54, 1.807) is 0 Å². The average molecular weight is 167 g/mol. The Morgan fingerprint density at radius 1 is 1.50 bits per heavy atom. The third-order valence-corrected chi connectivity index (χ3v) is 1.77. The van der Waals surface area contributed by atoms with Gasteiger partial charge in [0.25, 0.3) is 0 Å². The molecule has 0 heterocycles. The molecule has 0 bridgehead atoms. The molecule has 1 aliphatic rings. The Bertz CT molecular complexity index is 237. The van der Waals surface area contributed by atoms with Crippen LogP contribution in [0.4, 0.5) is 0 Å². The predicted octanol–water partition coefficient (Wildman–Crippen LogP) is -0.0608. The molecule has 0 aromatic carbocycles. The van der Waals surface area contributed by atoms with Gasteiger partial charge in [0.15, 0.2) is 0 Å². The van der Waals surface area contributed by atoms with Gasteiger partial charge in [0, 0.05) is 0 Å². The van der Waals surface area contributed by atoms with Gasteiger partial charge in [-0.05, 0) is 25.3 Å². The maximum absolute atomic E-state index is 10.3. The van der Waals surface area contributed by atoms with Crippen molar-refractivity contribution in [2.45, 2.75) is 19.3 Å². The standard InChI is InChI=1S/C8H13N3O/c9-7(11-5-8(10)12)4-6-2-1-3-6/h4H,1-3,5H2,(H2,9,11)(H2,10,12). The Kier molecular flexibility index (Phi) is 2.85. The van der Waals surface area contributed by atoms with E-state index in [4.69, 9.17) is 11.5 Å². The lowest BCUT2D eigenvalue weighted by molar-refractivity contribution is -0.116. The van der Waals surface area contributed by atoms with Crippen molar-refractivity contribution < 1.29 is 4.79 Å². The first-order chi connectivity index (χ1) is 5.68. The fraction of sp³-hybridized carbons (Fsp3) is 0.500. The van der Waals surface area contributed by atoms with Gasteiger partial charge >= 0.3 is 0 Å². The zero-order valence-corrected chi connectivity index (χ0v) is 6.92. The highest BCUT2D eigenvalue weighted by Gasteiger charge is 2.07. The van der Waals surface area contributed by atoms with E-state index in [1.807, 2.05) is 6.08 Å². The summed E-state index contributed by atoms with van der Waals surface area (Å²) in [6.07, 6.45) is 5.26. The first-order valence-corrected chi connectivity index (χ1v) is 3.96. The number of amides is 1. The van der Waals surface area contributed by atoms with E-state index in [0.29, 0.717) is 5.84 Å². The van der Waals surface area contributed by atoms with Crippen LogP contribution in [0, 0.1) is 0 Å². The number of allylic oxidation sites excluding steroid dienone is 1. The van der Waals surface area contributed by atoms with Gasteiger partial charge in [0.2, 0.25) is 5.91 Å². The van der Waals surface area contributed by atoms with E-state index < -0.39 is 5.91 Å². The first kappa shape index (κ1) is 8.77. The average Bonchev–Trinajstić information content (AvgIpc) is 1.93. The predicted molar refractivity (Wildman–Crippen MR) is 47.6 cm³/mol. The molecule has 4 heteroatoms. The van der Waals surface area contributed by atoms with E-state index in [-0.39, 0.29) is 6.54 Å². The second-order valence-electron chi connectivity index (χ2n) is 2.86. The van der Waals surface area contributed by atoms with Crippen molar-refractivity contribution in [2.75, 3.05) is 6.54 Å². The largest absolute Gasteiger partial charge is 0.384 e. The van der Waals surface area contributed by atoms with E-state index in [1.165, 1.54) is 12.0 Å². The Balaban J connectivity index is 2.40. The summed E-state index contributed by atoms with van der Waals surface area (Å²) in [5, 5.41) is 0. The third kappa shape index (κ3) is 2.74. The van der Waals surface area contributed by atoms with Crippen molar-refractivity contribution in [3.05, 3.63) is 11.6 Å². The number of hydrogen-bond acceptors (Lipinski definition) is 2. The Morgan fingerprint density at radius 2 is 2.17 bits per heavy atom. The van der Waals surface area contributed by atoms with Gasteiger partial charge in [0.1, 0.15) is 12.4 Å². The molecule has 0 unspecified atom stereocenters. The molecule has 0 atom stereocenters. The molecule has 1 fully saturated rings. The van der Waals surface area contributed by atoms with Gasteiger partial charge in [-0.2, -0.15) is 0 Å². The van der Waals surface area contributed by atoms with Gasteiger partial charge in [-0.1, -0.05) is 5.57 Å². The van der Waals surface area contributed by atoms with Crippen LogP contribution < -0.4 is 11.5 Å². The number of aliphatic imine (C=N–C) groups is 1. The number of nitrogens with zero attached hydrogens (tertiary/aromatic N) is 1. The quantitative estimate of drug-likeness (QED) is 0.456. The van der Waals surface area contributed by atoms with Crippen molar-refractivity contribution in [1.29, 1.82) is 0 Å². The second kappa shape index (κ2) is 3.90. The number of carbonyl (C=O) groups is 1. The molecule has 1 aliphatic carbocycles. The first-order valence-electron chi connectivity index (χ1n) is 3.96. The maximum atomic E-state index is 10.3. The number of carbonyl (C=O) groups excluding carboxylic acids is 1. The van der Waals surface area contributed by atoms with Crippen molar-refractivity contribution in [2.24, 2.45) is 16.5 Å². The highest BCUT2D eigenvalue weighted by Crippen LogP contribution is 2.24. The summed E-state index contributed by atoms with van der Waals surface area (Å²) in [6.45, 7) is -0.0182. The molecule has 0 aromatic heterocycles. The normalized spacial score (nSPS) is 17.0. The van der Waals surface area contributed by atoms with Crippen LogP contribution in [-0.2, 0) is 4.79 Å². The summed E-state index contributed by atoms with van der Waals surface area (Å²) < 4.78 is 0. The Hall–Kier alpha value is -1.32. The Labute approximate surface area is 71.3 Å². The number of hydrogen-bond donors (Lipinski definition) is 2. The molecule has 0 radical (unpaired) electrons. The van der Waals surface area contributed by atoms with Gasteiger partial charge in [-0.3, -0.25) is 9.79 Å². The molecule has 4 N–H and O–H groups in total. The molecule has 1 rings (SSSR count).